The van der Waals surface area contributed by atoms with Crippen molar-refractivity contribution in [2.75, 3.05) is 5.75 Å². The Bertz CT molecular complexity index is 218. The number of carboxylic acid groups (broad SMARTS) is 2. The fourth-order valence-electron chi connectivity index (χ4n) is 0.644. The molecule has 0 bridgehead atoms. The highest BCUT2D eigenvalue weighted by molar-refractivity contribution is 7.80. The lowest BCUT2D eigenvalue weighted by Crippen LogP contribution is -2.09. The molecule has 16 heavy (non-hydrogen) atoms. The first-order valence-electron chi connectivity index (χ1n) is 4.73. The first-order valence-corrected chi connectivity index (χ1v) is 5.36. The number of rotatable bonds is 7. The third-order valence-electron chi connectivity index (χ3n) is 1.36. The number of hydrogen-bond donors (Lipinski definition) is 4. The molecule has 0 spiro atoms. The van der Waals surface area contributed by atoms with Crippen LogP contribution in [-0.2, 0) is 14.4 Å². The zero-order chi connectivity index (χ0) is 13.0. The standard InChI is InChI=1S/C5H8O4.C4H9NOS/c6-4(7)2-1-3-5(8)9;5-4(6)2-1-3-7/h1-3H2,(H,6,7)(H,8,9);7H,1-3H2,(H2,5,6). The number of hydrogen-bond acceptors (Lipinski definition) is 4. The number of carbonyl (C=O) groups excluding carboxylic acids is 1. The van der Waals surface area contributed by atoms with Gasteiger partial charge >= 0.3 is 11.9 Å². The maximum atomic E-state index is 9.95. The Balaban J connectivity index is 0. The van der Waals surface area contributed by atoms with Crippen molar-refractivity contribution in [2.24, 2.45) is 5.73 Å². The Hall–Kier alpha value is -1.24. The van der Waals surface area contributed by atoms with E-state index in [4.69, 9.17) is 15.9 Å². The van der Waals surface area contributed by atoms with Crippen molar-refractivity contribution in [2.45, 2.75) is 32.1 Å². The molecule has 0 aromatic rings. The van der Waals surface area contributed by atoms with Crippen LogP contribution in [0.3, 0.4) is 0 Å². The van der Waals surface area contributed by atoms with Gasteiger partial charge in [0, 0.05) is 19.3 Å². The van der Waals surface area contributed by atoms with Crippen LogP contribution < -0.4 is 5.73 Å². The van der Waals surface area contributed by atoms with Gasteiger partial charge in [-0.05, 0) is 18.6 Å². The summed E-state index contributed by atoms with van der Waals surface area (Å²) in [6.45, 7) is 0. The minimum atomic E-state index is -0.948. The molecule has 0 aliphatic carbocycles. The van der Waals surface area contributed by atoms with E-state index >= 15 is 0 Å². The Morgan fingerprint density at radius 2 is 1.38 bits per heavy atom. The van der Waals surface area contributed by atoms with Crippen molar-refractivity contribution >= 4 is 30.5 Å². The second-order valence-corrected chi connectivity index (χ2v) is 3.38. The average molecular weight is 251 g/mol. The van der Waals surface area contributed by atoms with E-state index in [2.05, 4.69) is 12.6 Å². The summed E-state index contributed by atoms with van der Waals surface area (Å²) in [5.41, 5.74) is 4.81. The molecule has 0 saturated carbocycles. The fraction of sp³-hybridized carbons (Fsp3) is 0.667. The van der Waals surface area contributed by atoms with E-state index in [1.165, 1.54) is 0 Å². The van der Waals surface area contributed by atoms with Gasteiger partial charge in [-0.15, -0.1) is 0 Å². The van der Waals surface area contributed by atoms with Gasteiger partial charge in [-0.3, -0.25) is 14.4 Å². The number of thiol groups is 1. The maximum absolute atomic E-state index is 9.95. The van der Waals surface area contributed by atoms with Crippen LogP contribution in [0.5, 0.6) is 0 Å². The summed E-state index contributed by atoms with van der Waals surface area (Å²) < 4.78 is 0. The van der Waals surface area contributed by atoms with Gasteiger partial charge in [0.05, 0.1) is 0 Å². The van der Waals surface area contributed by atoms with E-state index in [-0.39, 0.29) is 25.2 Å². The molecule has 0 rings (SSSR count). The summed E-state index contributed by atoms with van der Waals surface area (Å²) in [6.07, 6.45) is 1.34. The minimum Gasteiger partial charge on any atom is -0.481 e. The monoisotopic (exact) mass is 251 g/mol. The van der Waals surface area contributed by atoms with Gasteiger partial charge in [-0.2, -0.15) is 12.6 Å². The van der Waals surface area contributed by atoms with Crippen molar-refractivity contribution in [3.05, 3.63) is 0 Å². The highest BCUT2D eigenvalue weighted by Crippen LogP contribution is 1.93. The fourth-order valence-corrected chi connectivity index (χ4v) is 0.802. The van der Waals surface area contributed by atoms with E-state index in [1.807, 2.05) is 0 Å². The van der Waals surface area contributed by atoms with E-state index in [0.717, 1.165) is 12.2 Å². The Morgan fingerprint density at radius 1 is 0.938 bits per heavy atom. The zero-order valence-electron chi connectivity index (χ0n) is 8.89. The number of amides is 1. The van der Waals surface area contributed by atoms with Gasteiger partial charge in [-0.25, -0.2) is 0 Å². The summed E-state index contributed by atoms with van der Waals surface area (Å²) in [6, 6.07) is 0. The third kappa shape index (κ3) is 23.0. The molecule has 0 atom stereocenters. The molecule has 0 aliphatic heterocycles. The van der Waals surface area contributed by atoms with Gasteiger partial charge < -0.3 is 15.9 Å². The van der Waals surface area contributed by atoms with Crippen LogP contribution in [0.4, 0.5) is 0 Å². The lowest BCUT2D eigenvalue weighted by atomic mass is 10.2. The van der Waals surface area contributed by atoms with Crippen molar-refractivity contribution in [1.29, 1.82) is 0 Å². The first-order chi connectivity index (χ1) is 7.40. The first kappa shape index (κ1) is 17.2. The summed E-state index contributed by atoms with van der Waals surface area (Å²) in [5, 5.41) is 16.1. The van der Waals surface area contributed by atoms with Crippen LogP contribution in [0.15, 0.2) is 0 Å². The molecule has 1 amide bonds. The zero-order valence-corrected chi connectivity index (χ0v) is 9.78. The van der Waals surface area contributed by atoms with Crippen LogP contribution in [0, 0.1) is 0 Å². The van der Waals surface area contributed by atoms with E-state index in [9.17, 15) is 14.4 Å². The molecule has 0 heterocycles. The topological polar surface area (TPSA) is 118 Å². The number of carbonyl (C=O) groups is 3. The molecular weight excluding hydrogens is 234 g/mol. The molecule has 0 unspecified atom stereocenters. The van der Waals surface area contributed by atoms with Crippen molar-refractivity contribution < 1.29 is 24.6 Å². The highest BCUT2D eigenvalue weighted by atomic mass is 32.1. The van der Waals surface area contributed by atoms with Crippen LogP contribution in [-0.4, -0.2) is 33.8 Å². The molecule has 0 aromatic carbocycles. The highest BCUT2D eigenvalue weighted by Gasteiger charge is 1.99. The van der Waals surface area contributed by atoms with Crippen LogP contribution in [0.2, 0.25) is 0 Å². The average Bonchev–Trinajstić information content (AvgIpc) is 2.14. The maximum Gasteiger partial charge on any atom is 0.303 e. The van der Waals surface area contributed by atoms with E-state index < -0.39 is 11.9 Å². The second-order valence-electron chi connectivity index (χ2n) is 2.93. The predicted octanol–water partition coefficient (Wildman–Crippen LogP) is 0.508. The lowest BCUT2D eigenvalue weighted by Gasteiger charge is -1.89. The van der Waals surface area contributed by atoms with Gasteiger partial charge in [0.2, 0.25) is 5.91 Å². The summed E-state index contributed by atoms with van der Waals surface area (Å²) >= 11 is 3.89. The normalized spacial score (nSPS) is 8.81. The van der Waals surface area contributed by atoms with Crippen molar-refractivity contribution in [1.82, 2.24) is 0 Å². The number of nitrogens with two attached hydrogens (primary N) is 1. The largest absolute Gasteiger partial charge is 0.481 e. The van der Waals surface area contributed by atoms with Gasteiger partial charge in [0.1, 0.15) is 0 Å². The van der Waals surface area contributed by atoms with E-state index in [0.29, 0.717) is 6.42 Å². The molecule has 0 aromatic heterocycles. The molecule has 0 radical (unpaired) electrons. The van der Waals surface area contributed by atoms with Gasteiger partial charge in [0.15, 0.2) is 0 Å². The van der Waals surface area contributed by atoms with Crippen LogP contribution in [0.1, 0.15) is 32.1 Å². The molecule has 0 aliphatic rings. The summed E-state index contributed by atoms with van der Waals surface area (Å²) in [4.78, 5) is 29.5. The molecular formula is C9H17NO5S. The number of primary amides is 1. The van der Waals surface area contributed by atoms with Gasteiger partial charge in [0.25, 0.3) is 0 Å². The van der Waals surface area contributed by atoms with Crippen LogP contribution in [0.25, 0.3) is 0 Å². The van der Waals surface area contributed by atoms with Gasteiger partial charge in [-0.1, -0.05) is 0 Å². The Kier molecular flexibility index (Phi) is 12.7. The van der Waals surface area contributed by atoms with Crippen molar-refractivity contribution in [3.63, 3.8) is 0 Å². The number of aliphatic carboxylic acids is 2. The summed E-state index contributed by atoms with van der Waals surface area (Å²) in [5.74, 6) is -1.40. The molecule has 4 N–H and O–H groups in total. The van der Waals surface area contributed by atoms with Crippen LogP contribution >= 0.6 is 12.6 Å². The molecule has 0 fully saturated rings. The molecule has 94 valence electrons. The Morgan fingerprint density at radius 3 is 1.56 bits per heavy atom. The molecule has 7 heteroatoms. The summed E-state index contributed by atoms with van der Waals surface area (Å²) in [7, 11) is 0. The Labute approximate surface area is 99.2 Å². The second kappa shape index (κ2) is 11.8. The third-order valence-corrected chi connectivity index (χ3v) is 1.68. The SMILES string of the molecule is NC(=O)CCCS.O=C(O)CCCC(=O)O. The number of carboxylic acids is 2. The lowest BCUT2D eigenvalue weighted by molar-refractivity contribution is -0.138. The van der Waals surface area contributed by atoms with Crippen molar-refractivity contribution in [3.8, 4) is 0 Å². The molecule has 0 saturated heterocycles. The smallest absolute Gasteiger partial charge is 0.303 e. The molecule has 6 nitrogen and oxygen atoms in total. The quantitative estimate of drug-likeness (QED) is 0.492. The minimum absolute atomic E-state index is 0.0632. The van der Waals surface area contributed by atoms with E-state index in [1.54, 1.807) is 0 Å². The predicted molar refractivity (Wildman–Crippen MR) is 61.4 cm³/mol.